The van der Waals surface area contributed by atoms with E-state index in [0.717, 1.165) is 26.1 Å². The van der Waals surface area contributed by atoms with E-state index in [1.54, 1.807) is 0 Å². The van der Waals surface area contributed by atoms with E-state index in [1.165, 1.54) is 7.86 Å². The van der Waals surface area contributed by atoms with Crippen molar-refractivity contribution in [1.82, 2.24) is 0 Å². The molecule has 0 radical (unpaired) electrons. The summed E-state index contributed by atoms with van der Waals surface area (Å²) in [5.41, 5.74) is 0. The van der Waals surface area contributed by atoms with E-state index in [1.807, 2.05) is 0 Å². The Morgan fingerprint density at radius 2 is 1.71 bits per heavy atom. The molecule has 7 heavy (non-hydrogen) atoms. The molecule has 0 rings (SSSR count). The summed E-state index contributed by atoms with van der Waals surface area (Å²) in [6.45, 7) is 4.44. The van der Waals surface area contributed by atoms with Crippen LogP contribution in [0.3, 0.4) is 0 Å². The molecule has 0 aromatic carbocycles. The maximum absolute atomic E-state index is 3.47. The summed E-state index contributed by atoms with van der Waals surface area (Å²) in [7, 11) is 0. The van der Waals surface area contributed by atoms with Crippen LogP contribution in [-0.2, 0) is 48.3 Å². The Morgan fingerprint density at radius 3 is 1.71 bits per heavy atom. The molecule has 0 heterocycles. The van der Waals surface area contributed by atoms with Gasteiger partial charge in [0.1, 0.15) is 0 Å². The van der Waals surface area contributed by atoms with Gasteiger partial charge < -0.3 is 0 Å². The van der Waals surface area contributed by atoms with E-state index in [0.29, 0.717) is 0 Å². The monoisotopic (exact) mass is 541 g/mol. The molecular formula is C4H10BrHg2. The molecule has 0 amide bonds. The van der Waals surface area contributed by atoms with Crippen molar-refractivity contribution >= 4 is 11.9 Å². The van der Waals surface area contributed by atoms with Crippen molar-refractivity contribution in [2.45, 2.75) is 21.7 Å². The van der Waals surface area contributed by atoms with Gasteiger partial charge in [0.05, 0.1) is 0 Å². The van der Waals surface area contributed by atoms with E-state index >= 15 is 0 Å². The molecule has 0 aliphatic carbocycles. The van der Waals surface area contributed by atoms with Gasteiger partial charge in [0, 0.05) is 0 Å². The molecule has 37 valence electrons. The third kappa shape index (κ3) is 30.0. The van der Waals surface area contributed by atoms with E-state index in [9.17, 15) is 0 Å². The fourth-order valence-corrected chi connectivity index (χ4v) is 0. The van der Waals surface area contributed by atoms with Crippen LogP contribution in [0.4, 0.5) is 0 Å². The number of halogens is 1. The first-order valence-electron chi connectivity index (χ1n) is 2.68. The maximum atomic E-state index is 3.47. The molecule has 0 nitrogen and oxygen atoms in total. The SMILES string of the molecule is C[CH2][Hg].C[CH2][Hg][Br]. The summed E-state index contributed by atoms with van der Waals surface area (Å²) >= 11 is 4.24. The second kappa shape index (κ2) is 15.8. The van der Waals surface area contributed by atoms with Gasteiger partial charge in [-0.05, 0) is 0 Å². The first-order valence-corrected chi connectivity index (χ1v) is 22.4. The Morgan fingerprint density at radius 1 is 1.57 bits per heavy atom. The number of rotatable bonds is 1. The zero-order chi connectivity index (χ0) is 6.12. The average molecular weight is 539 g/mol. The molecular weight excluding hydrogens is 529 g/mol. The van der Waals surface area contributed by atoms with E-state index in [4.69, 9.17) is 0 Å². The van der Waals surface area contributed by atoms with Gasteiger partial charge in [-0.15, -0.1) is 0 Å². The zero-order valence-corrected chi connectivity index (χ0v) is 17.8. The van der Waals surface area contributed by atoms with Gasteiger partial charge in [0.25, 0.3) is 0 Å². The van der Waals surface area contributed by atoms with Crippen LogP contribution in [0.2, 0.25) is 7.86 Å². The molecule has 0 saturated heterocycles. The summed E-state index contributed by atoms with van der Waals surface area (Å²) in [4.78, 5) is 0. The Hall–Kier alpha value is 2.35. The van der Waals surface area contributed by atoms with E-state index < -0.39 is 0 Å². The summed E-state index contributed by atoms with van der Waals surface area (Å²) < 4.78 is 2.90. The summed E-state index contributed by atoms with van der Waals surface area (Å²) in [5, 5.41) is 0. The Bertz CT molecular complexity index is 17.2. The molecule has 0 aliphatic rings. The van der Waals surface area contributed by atoms with Gasteiger partial charge in [0.2, 0.25) is 0 Å². The van der Waals surface area contributed by atoms with Crippen molar-refractivity contribution in [3.8, 4) is 0 Å². The molecule has 0 saturated carbocycles. The molecule has 0 N–H and O–H groups in total. The van der Waals surface area contributed by atoms with Crippen LogP contribution in [-0.4, -0.2) is 0 Å². The van der Waals surface area contributed by atoms with Crippen LogP contribution in [0.5, 0.6) is 0 Å². The molecule has 0 aromatic heterocycles. The predicted molar refractivity (Wildman–Crippen MR) is 29.9 cm³/mol. The molecule has 3 heteroatoms. The average Bonchev–Trinajstić information content (AvgIpc) is 1.69. The van der Waals surface area contributed by atoms with Crippen molar-refractivity contribution in [3.05, 3.63) is 0 Å². The number of hydrogen-bond acceptors (Lipinski definition) is 0. The van der Waals surface area contributed by atoms with Crippen molar-refractivity contribution in [2.24, 2.45) is 0 Å². The Kier molecular flexibility index (Phi) is 27.2. The molecule has 0 aromatic rings. The van der Waals surface area contributed by atoms with Crippen LogP contribution < -0.4 is 0 Å². The van der Waals surface area contributed by atoms with E-state index in [-0.39, 0.29) is 22.1 Å². The summed E-state index contributed by atoms with van der Waals surface area (Å²) in [6, 6.07) is 0. The minimum absolute atomic E-state index is 0.300. The topological polar surface area (TPSA) is 0 Å². The Labute approximate surface area is 80.5 Å². The van der Waals surface area contributed by atoms with Crippen LogP contribution in [0, 0.1) is 0 Å². The molecule has 0 bridgehead atoms. The van der Waals surface area contributed by atoms with Gasteiger partial charge >= 0.3 is 81.9 Å². The van der Waals surface area contributed by atoms with Crippen molar-refractivity contribution < 1.29 is 48.3 Å². The minimum atomic E-state index is -0.300. The first-order chi connectivity index (χ1) is 3.33. The summed E-state index contributed by atoms with van der Waals surface area (Å²) in [5.74, 6) is 0. The quantitative estimate of drug-likeness (QED) is 0.450. The standard InChI is InChI=1S/2C2H5.BrH.2Hg/c2*1-2;;;/h2*1H2,2H3;1H;;/q;;;;+1/p-1. The molecule has 0 fully saturated rings. The van der Waals surface area contributed by atoms with Crippen molar-refractivity contribution in [1.29, 1.82) is 0 Å². The second-order valence-corrected chi connectivity index (χ2v) is 17.4. The van der Waals surface area contributed by atoms with Crippen molar-refractivity contribution in [2.75, 3.05) is 0 Å². The van der Waals surface area contributed by atoms with Crippen LogP contribution in [0.15, 0.2) is 0 Å². The Balaban J connectivity index is 0. The first kappa shape index (κ1) is 12.1. The number of hydrogen-bond donors (Lipinski definition) is 0. The van der Waals surface area contributed by atoms with Gasteiger partial charge in [0.15, 0.2) is 0 Å². The summed E-state index contributed by atoms with van der Waals surface area (Å²) in [6.07, 6.45) is 0. The van der Waals surface area contributed by atoms with Crippen LogP contribution in [0.1, 0.15) is 13.8 Å². The normalized spacial score (nSPS) is 5.86. The predicted octanol–water partition coefficient (Wildman–Crippen LogP) is 2.79. The third-order valence-electron chi connectivity index (χ3n) is 0.189. The van der Waals surface area contributed by atoms with Gasteiger partial charge in [-0.25, -0.2) is 0 Å². The van der Waals surface area contributed by atoms with Crippen LogP contribution in [0.25, 0.3) is 0 Å². The second-order valence-electron chi connectivity index (χ2n) is 1.19. The molecule has 0 aliphatic heterocycles. The zero-order valence-electron chi connectivity index (χ0n) is 5.21. The van der Waals surface area contributed by atoms with E-state index in [2.05, 4.69) is 25.8 Å². The van der Waals surface area contributed by atoms with Gasteiger partial charge in [-0.3, -0.25) is 0 Å². The molecule has 0 spiro atoms. The van der Waals surface area contributed by atoms with Crippen LogP contribution >= 0.6 is 11.9 Å². The fourth-order valence-electron chi connectivity index (χ4n) is 0. The third-order valence-corrected chi connectivity index (χ3v) is 8.62. The van der Waals surface area contributed by atoms with Gasteiger partial charge in [-0.1, -0.05) is 0 Å². The van der Waals surface area contributed by atoms with Gasteiger partial charge in [-0.2, -0.15) is 0 Å². The molecule has 0 unspecified atom stereocenters. The molecule has 0 atom stereocenters. The fraction of sp³-hybridized carbons (Fsp3) is 1.00. The van der Waals surface area contributed by atoms with Crippen molar-refractivity contribution in [3.63, 3.8) is 0 Å².